The van der Waals surface area contributed by atoms with Crippen LogP contribution in [0.25, 0.3) is 0 Å². The highest BCUT2D eigenvalue weighted by Gasteiger charge is 2.33. The van der Waals surface area contributed by atoms with Gasteiger partial charge in [0.2, 0.25) is 11.8 Å². The molecule has 2 aromatic carbocycles. The number of carbonyl (C=O) groups excluding carboxylic acids is 3. The predicted molar refractivity (Wildman–Crippen MR) is 122 cm³/mol. The number of benzene rings is 2. The number of amides is 3. The van der Waals surface area contributed by atoms with E-state index in [1.54, 1.807) is 34.1 Å². The Hall–Kier alpha value is -3.15. The summed E-state index contributed by atoms with van der Waals surface area (Å²) in [5.41, 5.74) is 2.30. The Morgan fingerprint density at radius 3 is 2.42 bits per heavy atom. The van der Waals surface area contributed by atoms with Crippen molar-refractivity contribution in [2.45, 2.75) is 39.7 Å². The zero-order valence-electron chi connectivity index (χ0n) is 18.3. The van der Waals surface area contributed by atoms with E-state index in [0.29, 0.717) is 37.4 Å². The van der Waals surface area contributed by atoms with Crippen molar-refractivity contribution in [1.82, 2.24) is 9.80 Å². The van der Waals surface area contributed by atoms with Crippen molar-refractivity contribution in [3.8, 4) is 0 Å². The van der Waals surface area contributed by atoms with Crippen molar-refractivity contribution in [2.24, 2.45) is 5.92 Å². The molecular formula is C25H31N3O3. The largest absolute Gasteiger partial charge is 0.342 e. The third-order valence-corrected chi connectivity index (χ3v) is 5.65. The Labute approximate surface area is 184 Å². The summed E-state index contributed by atoms with van der Waals surface area (Å²) in [6.07, 6.45) is 2.23. The smallest absolute Gasteiger partial charge is 0.254 e. The third-order valence-electron chi connectivity index (χ3n) is 5.65. The summed E-state index contributed by atoms with van der Waals surface area (Å²) in [5, 5.41) is 2.89. The van der Waals surface area contributed by atoms with Crippen LogP contribution in [0.2, 0.25) is 0 Å². The zero-order valence-corrected chi connectivity index (χ0v) is 18.3. The van der Waals surface area contributed by atoms with Crippen molar-refractivity contribution >= 4 is 23.4 Å². The lowest BCUT2D eigenvalue weighted by atomic mass is 10.1. The molecule has 0 spiro atoms. The van der Waals surface area contributed by atoms with Gasteiger partial charge in [-0.25, -0.2) is 0 Å². The van der Waals surface area contributed by atoms with Gasteiger partial charge in [-0.05, 0) is 43.2 Å². The molecule has 1 aliphatic rings. The van der Waals surface area contributed by atoms with Crippen LogP contribution in [-0.4, -0.2) is 47.2 Å². The first-order chi connectivity index (χ1) is 15.0. The third kappa shape index (κ3) is 5.94. The molecule has 3 amide bonds. The zero-order chi connectivity index (χ0) is 22.2. The molecule has 6 nitrogen and oxygen atoms in total. The number of carbonyl (C=O) groups is 3. The first-order valence-corrected chi connectivity index (χ1v) is 11.0. The van der Waals surface area contributed by atoms with E-state index in [0.717, 1.165) is 18.4 Å². The molecule has 0 radical (unpaired) electrons. The van der Waals surface area contributed by atoms with Crippen LogP contribution in [0, 0.1) is 5.92 Å². The molecule has 0 aliphatic carbocycles. The highest BCUT2D eigenvalue weighted by atomic mass is 16.2. The quantitative estimate of drug-likeness (QED) is 0.667. The second-order valence-corrected chi connectivity index (χ2v) is 7.97. The van der Waals surface area contributed by atoms with Gasteiger partial charge in [0, 0.05) is 43.9 Å². The summed E-state index contributed by atoms with van der Waals surface area (Å²) in [7, 11) is 0. The molecule has 1 atom stereocenters. The summed E-state index contributed by atoms with van der Waals surface area (Å²) in [6.45, 7) is 6.40. The van der Waals surface area contributed by atoms with Crippen molar-refractivity contribution in [3.05, 3.63) is 65.7 Å². The number of rotatable bonds is 9. The summed E-state index contributed by atoms with van der Waals surface area (Å²) >= 11 is 0. The standard InChI is InChI=1S/C25H31N3O3/c1-3-5-15-28-18-21(16-23(28)29)24(30)26-22-13-11-20(12-14-22)25(31)27(4-2)17-19-9-7-6-8-10-19/h6-14,21H,3-5,15-18H2,1-2H3,(H,26,30). The summed E-state index contributed by atoms with van der Waals surface area (Å²) in [5.74, 6) is -0.470. The molecule has 1 fully saturated rings. The summed E-state index contributed by atoms with van der Waals surface area (Å²) in [6, 6.07) is 16.9. The van der Waals surface area contributed by atoms with Crippen molar-refractivity contribution in [3.63, 3.8) is 0 Å². The van der Waals surface area contributed by atoms with E-state index in [-0.39, 0.29) is 30.1 Å². The molecule has 0 aromatic heterocycles. The number of likely N-dealkylation sites (tertiary alicyclic amines) is 1. The van der Waals surface area contributed by atoms with Crippen molar-refractivity contribution in [2.75, 3.05) is 25.0 Å². The van der Waals surface area contributed by atoms with Gasteiger partial charge >= 0.3 is 0 Å². The molecule has 2 aromatic rings. The first kappa shape index (κ1) is 22.5. The molecule has 1 saturated heterocycles. The maximum atomic E-state index is 12.9. The number of unbranched alkanes of at least 4 members (excludes halogenated alkanes) is 1. The Morgan fingerprint density at radius 2 is 1.77 bits per heavy atom. The SMILES string of the molecule is CCCCN1CC(C(=O)Nc2ccc(C(=O)N(CC)Cc3ccccc3)cc2)CC1=O. The minimum absolute atomic E-state index is 0.0443. The van der Waals surface area contributed by atoms with Crippen LogP contribution >= 0.6 is 0 Å². The van der Waals surface area contributed by atoms with Gasteiger partial charge in [-0.3, -0.25) is 14.4 Å². The molecule has 1 unspecified atom stereocenters. The molecule has 3 rings (SSSR count). The number of nitrogens with zero attached hydrogens (tertiary/aromatic N) is 2. The lowest BCUT2D eigenvalue weighted by molar-refractivity contribution is -0.128. The van der Waals surface area contributed by atoms with Gasteiger partial charge in [-0.2, -0.15) is 0 Å². The van der Waals surface area contributed by atoms with E-state index >= 15 is 0 Å². The molecule has 1 aliphatic heterocycles. The molecule has 0 bridgehead atoms. The van der Waals surface area contributed by atoms with Crippen LogP contribution in [0.1, 0.15) is 49.0 Å². The van der Waals surface area contributed by atoms with Crippen LogP contribution in [0.4, 0.5) is 5.69 Å². The average Bonchev–Trinajstić information content (AvgIpc) is 3.17. The fraction of sp³-hybridized carbons (Fsp3) is 0.400. The molecule has 164 valence electrons. The maximum Gasteiger partial charge on any atom is 0.254 e. The summed E-state index contributed by atoms with van der Waals surface area (Å²) < 4.78 is 0. The number of hydrogen-bond donors (Lipinski definition) is 1. The Bertz CT molecular complexity index is 896. The molecule has 1 N–H and O–H groups in total. The monoisotopic (exact) mass is 421 g/mol. The van der Waals surface area contributed by atoms with Gasteiger partial charge in [0.05, 0.1) is 5.92 Å². The predicted octanol–water partition coefficient (Wildman–Crippen LogP) is 3.94. The Kier molecular flexibility index (Phi) is 7.82. The van der Waals surface area contributed by atoms with Crippen LogP contribution in [0.5, 0.6) is 0 Å². The second-order valence-electron chi connectivity index (χ2n) is 7.97. The van der Waals surface area contributed by atoms with E-state index in [9.17, 15) is 14.4 Å². The highest BCUT2D eigenvalue weighted by molar-refractivity contribution is 5.98. The number of nitrogens with one attached hydrogen (secondary N) is 1. The molecule has 31 heavy (non-hydrogen) atoms. The normalized spacial score (nSPS) is 15.7. The molecule has 1 heterocycles. The van der Waals surface area contributed by atoms with E-state index in [1.165, 1.54) is 0 Å². The van der Waals surface area contributed by atoms with Gasteiger partial charge in [-0.15, -0.1) is 0 Å². The van der Waals surface area contributed by atoms with Gasteiger partial charge in [0.15, 0.2) is 0 Å². The molecular weight excluding hydrogens is 390 g/mol. The van der Waals surface area contributed by atoms with E-state index in [2.05, 4.69) is 12.2 Å². The summed E-state index contributed by atoms with van der Waals surface area (Å²) in [4.78, 5) is 41.1. The average molecular weight is 422 g/mol. The lowest BCUT2D eigenvalue weighted by Crippen LogP contribution is -2.30. The molecule has 0 saturated carbocycles. The van der Waals surface area contributed by atoms with E-state index in [1.807, 2.05) is 37.3 Å². The number of hydrogen-bond acceptors (Lipinski definition) is 3. The fourth-order valence-electron chi connectivity index (χ4n) is 3.77. The van der Waals surface area contributed by atoms with Gasteiger partial charge in [-0.1, -0.05) is 43.7 Å². The lowest BCUT2D eigenvalue weighted by Gasteiger charge is -2.21. The van der Waals surface area contributed by atoms with E-state index < -0.39 is 0 Å². The fourth-order valence-corrected chi connectivity index (χ4v) is 3.77. The van der Waals surface area contributed by atoms with Gasteiger partial charge in [0.1, 0.15) is 0 Å². The molecule has 6 heteroatoms. The first-order valence-electron chi connectivity index (χ1n) is 11.0. The van der Waals surface area contributed by atoms with Crippen LogP contribution < -0.4 is 5.32 Å². The highest BCUT2D eigenvalue weighted by Crippen LogP contribution is 2.21. The van der Waals surface area contributed by atoms with Crippen molar-refractivity contribution < 1.29 is 14.4 Å². The van der Waals surface area contributed by atoms with Crippen LogP contribution in [0.3, 0.4) is 0 Å². The van der Waals surface area contributed by atoms with Gasteiger partial charge < -0.3 is 15.1 Å². The minimum atomic E-state index is -0.327. The van der Waals surface area contributed by atoms with Crippen LogP contribution in [-0.2, 0) is 16.1 Å². The topological polar surface area (TPSA) is 69.7 Å². The van der Waals surface area contributed by atoms with E-state index in [4.69, 9.17) is 0 Å². The van der Waals surface area contributed by atoms with Crippen LogP contribution in [0.15, 0.2) is 54.6 Å². The maximum absolute atomic E-state index is 12.9. The van der Waals surface area contributed by atoms with Crippen molar-refractivity contribution in [1.29, 1.82) is 0 Å². The second kappa shape index (κ2) is 10.8. The number of anilines is 1. The van der Waals surface area contributed by atoms with Gasteiger partial charge in [0.25, 0.3) is 5.91 Å². The Morgan fingerprint density at radius 1 is 1.06 bits per heavy atom. The Balaban J connectivity index is 1.57. The minimum Gasteiger partial charge on any atom is -0.342 e.